The van der Waals surface area contributed by atoms with E-state index in [9.17, 15) is 9.18 Å². The van der Waals surface area contributed by atoms with Crippen molar-refractivity contribution in [3.63, 3.8) is 0 Å². The van der Waals surface area contributed by atoms with Crippen LogP contribution in [0.3, 0.4) is 0 Å². The van der Waals surface area contributed by atoms with Gasteiger partial charge in [0.1, 0.15) is 11.5 Å². The molecule has 2 heterocycles. The van der Waals surface area contributed by atoms with Crippen molar-refractivity contribution in [1.29, 1.82) is 0 Å². The Labute approximate surface area is 205 Å². The fourth-order valence-electron chi connectivity index (χ4n) is 3.54. The van der Waals surface area contributed by atoms with Gasteiger partial charge in [-0.25, -0.2) is 9.37 Å². The number of benzene rings is 2. The number of nitrogens with zero attached hydrogens (tertiary/aromatic N) is 5. The Morgan fingerprint density at radius 2 is 1.97 bits per heavy atom. The molecule has 36 heavy (non-hydrogen) atoms. The summed E-state index contributed by atoms with van der Waals surface area (Å²) in [6.45, 7) is 2.33. The molecule has 1 amide bonds. The van der Waals surface area contributed by atoms with Crippen LogP contribution in [0.1, 0.15) is 13.3 Å². The van der Waals surface area contributed by atoms with Crippen LogP contribution in [-0.2, 0) is 4.79 Å². The summed E-state index contributed by atoms with van der Waals surface area (Å²) in [5.74, 6) is -2.55. The Morgan fingerprint density at radius 3 is 2.75 bits per heavy atom. The second-order valence-electron chi connectivity index (χ2n) is 7.85. The summed E-state index contributed by atoms with van der Waals surface area (Å²) >= 11 is 0. The molecule has 0 saturated heterocycles. The molecule has 0 aliphatic heterocycles. The van der Waals surface area contributed by atoms with Gasteiger partial charge >= 0.3 is 0 Å². The lowest BCUT2D eigenvalue weighted by Gasteiger charge is -2.12. The number of tetrazole rings is 1. The van der Waals surface area contributed by atoms with Crippen LogP contribution >= 0.6 is 0 Å². The van der Waals surface area contributed by atoms with Crippen LogP contribution in [0.4, 0.5) is 20.3 Å². The number of anilines is 2. The lowest BCUT2D eigenvalue weighted by molar-refractivity contribution is -0.114. The highest BCUT2D eigenvalue weighted by atomic mass is 19.2. The van der Waals surface area contributed by atoms with Crippen LogP contribution in [0.25, 0.3) is 28.2 Å². The molecule has 0 aliphatic carbocycles. The number of hydrogen-bond acceptors (Lipinski definition) is 8. The van der Waals surface area contributed by atoms with Crippen molar-refractivity contribution in [2.45, 2.75) is 13.3 Å². The minimum Gasteiger partial charge on any atom is -0.490 e. The quantitative estimate of drug-likeness (QED) is 0.302. The van der Waals surface area contributed by atoms with Crippen LogP contribution < -0.4 is 21.1 Å². The predicted molar refractivity (Wildman–Crippen MR) is 130 cm³/mol. The first-order chi connectivity index (χ1) is 17.4. The van der Waals surface area contributed by atoms with Gasteiger partial charge in [0.15, 0.2) is 17.4 Å². The van der Waals surface area contributed by atoms with E-state index in [0.29, 0.717) is 29.8 Å². The molecule has 12 heteroatoms. The third-order valence-corrected chi connectivity index (χ3v) is 5.23. The predicted octanol–water partition coefficient (Wildman–Crippen LogP) is 3.20. The number of amides is 1. The number of nitrogens with one attached hydrogen (secondary N) is 2. The molecule has 186 valence electrons. The number of hydrogen-bond donors (Lipinski definition) is 3. The van der Waals surface area contributed by atoms with Gasteiger partial charge in [-0.05, 0) is 66.3 Å². The minimum absolute atomic E-state index is 0.0702. The van der Waals surface area contributed by atoms with E-state index in [4.69, 9.17) is 10.5 Å². The van der Waals surface area contributed by atoms with E-state index in [-0.39, 0.29) is 35.6 Å². The molecule has 0 bridgehead atoms. The number of aromatic nitrogens is 5. The highest BCUT2D eigenvalue weighted by Crippen LogP contribution is 2.32. The van der Waals surface area contributed by atoms with Gasteiger partial charge in [-0.2, -0.15) is 9.07 Å². The molecule has 0 saturated carbocycles. The topological polar surface area (TPSA) is 133 Å². The Morgan fingerprint density at radius 1 is 1.14 bits per heavy atom. The van der Waals surface area contributed by atoms with Crippen LogP contribution in [0.15, 0.2) is 48.7 Å². The first-order valence-corrected chi connectivity index (χ1v) is 11.1. The van der Waals surface area contributed by atoms with E-state index in [1.807, 2.05) is 6.07 Å². The lowest BCUT2D eigenvalue weighted by Crippen LogP contribution is -2.12. The number of nitrogens with two attached hydrogens (primary N) is 1. The van der Waals surface area contributed by atoms with Crippen molar-refractivity contribution >= 4 is 17.4 Å². The first-order valence-electron chi connectivity index (χ1n) is 11.1. The number of halogens is 2. The molecule has 0 radical (unpaired) electrons. The van der Waals surface area contributed by atoms with Gasteiger partial charge in [0.25, 0.3) is 0 Å². The molecule has 2 aromatic heterocycles. The molecular formula is C24H24F2N8O2. The second-order valence-corrected chi connectivity index (χ2v) is 7.85. The maximum absolute atomic E-state index is 15.0. The van der Waals surface area contributed by atoms with Crippen molar-refractivity contribution in [3.05, 3.63) is 60.3 Å². The van der Waals surface area contributed by atoms with E-state index >= 15 is 4.39 Å². The number of pyridine rings is 1. The van der Waals surface area contributed by atoms with Crippen LogP contribution in [-0.4, -0.2) is 51.3 Å². The maximum Gasteiger partial charge on any atom is 0.221 e. The average Bonchev–Trinajstić information content (AvgIpc) is 3.34. The highest BCUT2D eigenvalue weighted by Gasteiger charge is 2.22. The summed E-state index contributed by atoms with van der Waals surface area (Å²) < 4.78 is 36.2. The monoisotopic (exact) mass is 494 g/mol. The van der Waals surface area contributed by atoms with E-state index in [0.717, 1.165) is 10.2 Å². The van der Waals surface area contributed by atoms with Gasteiger partial charge in [-0.3, -0.25) is 4.79 Å². The zero-order valence-corrected chi connectivity index (χ0v) is 19.6. The Hall–Kier alpha value is -4.45. The number of carbonyl (C=O) groups is 1. The second kappa shape index (κ2) is 10.9. The van der Waals surface area contributed by atoms with Crippen molar-refractivity contribution in [2.75, 3.05) is 31.2 Å². The number of nitrogen functional groups attached to an aromatic ring is 1. The fraction of sp³-hybridized carbons (Fsp3) is 0.208. The van der Waals surface area contributed by atoms with Gasteiger partial charge < -0.3 is 21.1 Å². The van der Waals surface area contributed by atoms with Crippen molar-refractivity contribution in [2.24, 2.45) is 0 Å². The van der Waals surface area contributed by atoms with E-state index < -0.39 is 11.6 Å². The van der Waals surface area contributed by atoms with Crippen molar-refractivity contribution < 1.29 is 18.3 Å². The number of ether oxygens (including phenoxy) is 1. The SMILES string of the molecule is CNCCCOc1ccc(-n2nnnc2-c2cc(-c3cccc(NC(C)=O)c3)cnc2N)c(F)c1F. The van der Waals surface area contributed by atoms with Gasteiger partial charge in [-0.1, -0.05) is 12.1 Å². The van der Waals surface area contributed by atoms with Crippen LogP contribution in [0, 0.1) is 11.6 Å². The standard InChI is InChI=1S/C24H24F2N8O2/c1-14(35)30-17-6-3-5-15(11-17)16-12-18(23(27)29-13-16)24-31-32-33-34(24)19-7-8-20(22(26)21(19)25)36-10-4-9-28-2/h3,5-8,11-13,28H,4,9-10H2,1-2H3,(H2,27,29)(H,30,35). The molecule has 0 atom stereocenters. The summed E-state index contributed by atoms with van der Waals surface area (Å²) in [6, 6.07) is 11.5. The Balaban J connectivity index is 1.69. The van der Waals surface area contributed by atoms with Gasteiger partial charge in [0.2, 0.25) is 11.7 Å². The summed E-state index contributed by atoms with van der Waals surface area (Å²) in [4.78, 5) is 15.6. The zero-order valence-electron chi connectivity index (χ0n) is 19.6. The average molecular weight is 495 g/mol. The molecule has 0 unspecified atom stereocenters. The van der Waals surface area contributed by atoms with Crippen LogP contribution in [0.2, 0.25) is 0 Å². The summed E-state index contributed by atoms with van der Waals surface area (Å²) in [5.41, 5.74) is 8.20. The van der Waals surface area contributed by atoms with E-state index in [2.05, 4.69) is 31.1 Å². The largest absolute Gasteiger partial charge is 0.490 e. The highest BCUT2D eigenvalue weighted by molar-refractivity contribution is 5.89. The molecule has 0 spiro atoms. The first kappa shape index (κ1) is 24.7. The summed E-state index contributed by atoms with van der Waals surface area (Å²) in [7, 11) is 1.79. The molecular weight excluding hydrogens is 470 g/mol. The maximum atomic E-state index is 15.0. The number of carbonyl (C=O) groups excluding carboxylic acids is 1. The summed E-state index contributed by atoms with van der Waals surface area (Å²) in [6.07, 6.45) is 2.19. The van der Waals surface area contributed by atoms with E-state index in [1.54, 1.807) is 37.5 Å². The fourth-order valence-corrected chi connectivity index (χ4v) is 3.54. The lowest BCUT2D eigenvalue weighted by atomic mass is 10.0. The van der Waals surface area contributed by atoms with Crippen molar-refractivity contribution in [1.82, 2.24) is 30.5 Å². The van der Waals surface area contributed by atoms with Crippen molar-refractivity contribution in [3.8, 4) is 34.0 Å². The number of rotatable bonds is 9. The third-order valence-electron chi connectivity index (χ3n) is 5.23. The summed E-state index contributed by atoms with van der Waals surface area (Å²) in [5, 5.41) is 17.1. The molecule has 0 aliphatic rings. The molecule has 4 N–H and O–H groups in total. The smallest absolute Gasteiger partial charge is 0.221 e. The Bertz CT molecular complexity index is 1390. The van der Waals surface area contributed by atoms with Gasteiger partial charge in [0, 0.05) is 24.4 Å². The molecule has 4 rings (SSSR count). The van der Waals surface area contributed by atoms with Gasteiger partial charge in [0.05, 0.1) is 12.2 Å². The molecule has 4 aromatic rings. The molecule has 0 fully saturated rings. The zero-order chi connectivity index (χ0) is 25.7. The normalized spacial score (nSPS) is 10.9. The minimum atomic E-state index is -1.17. The third kappa shape index (κ3) is 5.28. The van der Waals surface area contributed by atoms with E-state index in [1.165, 1.54) is 19.1 Å². The Kier molecular flexibility index (Phi) is 7.44. The molecule has 10 nitrogen and oxygen atoms in total. The van der Waals surface area contributed by atoms with Crippen LogP contribution in [0.5, 0.6) is 5.75 Å². The van der Waals surface area contributed by atoms with Gasteiger partial charge in [-0.15, -0.1) is 5.10 Å². The molecule has 2 aromatic carbocycles.